The van der Waals surface area contributed by atoms with Crippen LogP contribution in [0.15, 0.2) is 45.8 Å². The zero-order chi connectivity index (χ0) is 27.5. The summed E-state index contributed by atoms with van der Waals surface area (Å²) in [4.78, 5) is 19.2. The van der Waals surface area contributed by atoms with Crippen LogP contribution in [0.3, 0.4) is 0 Å². The van der Waals surface area contributed by atoms with Crippen LogP contribution in [0.4, 0.5) is 0 Å². The lowest BCUT2D eigenvalue weighted by molar-refractivity contribution is 0.0539. The molecule has 2 atom stereocenters. The Morgan fingerprint density at radius 1 is 1.10 bits per heavy atom. The van der Waals surface area contributed by atoms with Gasteiger partial charge in [-0.15, -0.1) is 5.10 Å². The van der Waals surface area contributed by atoms with Gasteiger partial charge in [0.25, 0.3) is 5.56 Å². The van der Waals surface area contributed by atoms with E-state index in [0.717, 1.165) is 56.3 Å². The Balaban J connectivity index is 1.51. The molecular formula is C29H36N6O5. The molecule has 2 unspecified atom stereocenters. The third-order valence-electron chi connectivity index (χ3n) is 8.12. The third-order valence-corrected chi connectivity index (χ3v) is 8.12. The van der Waals surface area contributed by atoms with E-state index < -0.39 is 6.04 Å². The SMILES string of the molecule is COc1cc2cc(C(c3nnnn3C3CCCCC3)N(Cc3ccco3)CC3CCCO3)c(=O)[nH]c2cc1OC. The highest BCUT2D eigenvalue weighted by atomic mass is 16.5. The lowest BCUT2D eigenvalue weighted by Gasteiger charge is -2.33. The highest BCUT2D eigenvalue weighted by molar-refractivity contribution is 5.83. The number of tetrazole rings is 1. The summed E-state index contributed by atoms with van der Waals surface area (Å²) >= 11 is 0. The molecule has 1 aliphatic carbocycles. The number of pyridine rings is 1. The van der Waals surface area contributed by atoms with Crippen molar-refractivity contribution in [3.8, 4) is 11.5 Å². The molecule has 2 fully saturated rings. The van der Waals surface area contributed by atoms with Crippen LogP contribution in [-0.2, 0) is 11.3 Å². The summed E-state index contributed by atoms with van der Waals surface area (Å²) in [7, 11) is 3.18. The van der Waals surface area contributed by atoms with Gasteiger partial charge in [-0.1, -0.05) is 19.3 Å². The molecule has 1 aromatic carbocycles. The molecule has 1 saturated carbocycles. The average molecular weight is 549 g/mol. The summed E-state index contributed by atoms with van der Waals surface area (Å²) < 4.78 is 24.8. The Hall–Kier alpha value is -3.70. The normalized spacial score (nSPS) is 18.9. The van der Waals surface area contributed by atoms with Crippen molar-refractivity contribution in [3.63, 3.8) is 0 Å². The summed E-state index contributed by atoms with van der Waals surface area (Å²) in [6.45, 7) is 1.81. The highest BCUT2D eigenvalue weighted by Crippen LogP contribution is 2.36. The van der Waals surface area contributed by atoms with E-state index in [1.54, 1.807) is 26.5 Å². The van der Waals surface area contributed by atoms with Crippen LogP contribution < -0.4 is 15.0 Å². The van der Waals surface area contributed by atoms with E-state index in [2.05, 4.69) is 25.4 Å². The summed E-state index contributed by atoms with van der Waals surface area (Å²) in [5.41, 5.74) is 1.00. The summed E-state index contributed by atoms with van der Waals surface area (Å²) in [5.74, 6) is 2.59. The van der Waals surface area contributed by atoms with E-state index in [9.17, 15) is 4.79 Å². The van der Waals surface area contributed by atoms with Crippen molar-refractivity contribution in [2.45, 2.75) is 69.7 Å². The molecule has 0 radical (unpaired) electrons. The number of ether oxygens (including phenoxy) is 3. The van der Waals surface area contributed by atoms with Crippen molar-refractivity contribution in [1.29, 1.82) is 0 Å². The molecule has 4 heterocycles. The number of nitrogens with one attached hydrogen (secondary N) is 1. The molecule has 40 heavy (non-hydrogen) atoms. The van der Waals surface area contributed by atoms with E-state index >= 15 is 0 Å². The lowest BCUT2D eigenvalue weighted by atomic mass is 9.95. The molecule has 2 aliphatic rings. The zero-order valence-electron chi connectivity index (χ0n) is 23.0. The van der Waals surface area contributed by atoms with Crippen molar-refractivity contribution < 1.29 is 18.6 Å². The second kappa shape index (κ2) is 11.8. The number of methoxy groups -OCH3 is 2. The first-order valence-electron chi connectivity index (χ1n) is 14.1. The maximum Gasteiger partial charge on any atom is 0.253 e. The molecule has 0 spiro atoms. The van der Waals surface area contributed by atoms with Gasteiger partial charge in [0, 0.05) is 30.2 Å². The number of aromatic amines is 1. The Labute approximate surface area is 232 Å². The number of aromatic nitrogens is 5. The first-order valence-corrected chi connectivity index (χ1v) is 14.1. The minimum Gasteiger partial charge on any atom is -0.493 e. The fraction of sp³-hybridized carbons (Fsp3) is 0.517. The Kier molecular flexibility index (Phi) is 7.83. The minimum absolute atomic E-state index is 0.0420. The van der Waals surface area contributed by atoms with Gasteiger partial charge >= 0.3 is 0 Å². The van der Waals surface area contributed by atoms with Crippen molar-refractivity contribution in [2.24, 2.45) is 0 Å². The van der Waals surface area contributed by atoms with Crippen LogP contribution in [0, 0.1) is 0 Å². The fourth-order valence-electron chi connectivity index (χ4n) is 6.13. The fourth-order valence-corrected chi connectivity index (χ4v) is 6.13. The van der Waals surface area contributed by atoms with Crippen molar-refractivity contribution >= 4 is 10.9 Å². The van der Waals surface area contributed by atoms with Gasteiger partial charge in [-0.25, -0.2) is 4.68 Å². The van der Waals surface area contributed by atoms with Crippen LogP contribution in [0.1, 0.15) is 74.2 Å². The molecule has 0 bridgehead atoms. The molecule has 1 saturated heterocycles. The number of rotatable bonds is 10. The van der Waals surface area contributed by atoms with Crippen LogP contribution >= 0.6 is 0 Å². The zero-order valence-corrected chi connectivity index (χ0v) is 23.0. The first kappa shape index (κ1) is 26.5. The average Bonchev–Trinajstić information content (AvgIpc) is 3.77. The van der Waals surface area contributed by atoms with Crippen molar-refractivity contribution in [2.75, 3.05) is 27.4 Å². The third kappa shape index (κ3) is 5.35. The van der Waals surface area contributed by atoms with E-state index in [0.29, 0.717) is 41.5 Å². The van der Waals surface area contributed by atoms with Crippen LogP contribution in [-0.4, -0.2) is 63.6 Å². The van der Waals surface area contributed by atoms with E-state index in [4.69, 9.17) is 18.6 Å². The second-order valence-electron chi connectivity index (χ2n) is 10.7. The van der Waals surface area contributed by atoms with E-state index in [-0.39, 0.29) is 17.7 Å². The topological polar surface area (TPSA) is 121 Å². The predicted molar refractivity (Wildman–Crippen MR) is 148 cm³/mol. The molecule has 1 aliphatic heterocycles. The summed E-state index contributed by atoms with van der Waals surface area (Å²) in [6, 6.07) is 9.07. The van der Waals surface area contributed by atoms with Gasteiger partial charge < -0.3 is 23.6 Å². The smallest absolute Gasteiger partial charge is 0.253 e. The molecule has 1 N–H and O–H groups in total. The van der Waals surface area contributed by atoms with Crippen molar-refractivity contribution in [3.05, 3.63) is 64.1 Å². The van der Waals surface area contributed by atoms with Crippen LogP contribution in [0.25, 0.3) is 10.9 Å². The van der Waals surface area contributed by atoms with Gasteiger partial charge in [-0.05, 0) is 60.4 Å². The number of fused-ring (bicyclic) bond motifs is 1. The number of nitrogens with zero attached hydrogens (tertiary/aromatic N) is 5. The second-order valence-corrected chi connectivity index (χ2v) is 10.7. The predicted octanol–water partition coefficient (Wildman–Crippen LogP) is 4.40. The van der Waals surface area contributed by atoms with Gasteiger partial charge in [-0.3, -0.25) is 9.69 Å². The first-order chi connectivity index (χ1) is 19.6. The maximum absolute atomic E-state index is 13.9. The number of hydrogen-bond donors (Lipinski definition) is 1. The van der Waals surface area contributed by atoms with Gasteiger partial charge in [0.1, 0.15) is 11.8 Å². The van der Waals surface area contributed by atoms with E-state index in [1.165, 1.54) is 6.42 Å². The standard InChI is InChI=1S/C29H36N6O5/c1-37-25-15-19-14-23(29(36)30-24(19)16-26(25)38-2)27(28-31-32-33-35(28)20-8-4-3-5-9-20)34(17-21-10-6-12-39-21)18-22-11-7-13-40-22/h6,10,12,14-16,20,22,27H,3-5,7-9,11,13,17-18H2,1-2H3,(H,30,36). The minimum atomic E-state index is -0.535. The number of furan rings is 1. The monoisotopic (exact) mass is 548 g/mol. The number of hydrogen-bond acceptors (Lipinski definition) is 9. The lowest BCUT2D eigenvalue weighted by Crippen LogP contribution is -2.39. The molecule has 11 nitrogen and oxygen atoms in total. The Morgan fingerprint density at radius 2 is 1.93 bits per heavy atom. The highest BCUT2D eigenvalue weighted by Gasteiger charge is 2.35. The molecule has 4 aromatic rings. The molecule has 0 amide bonds. The number of H-pyrrole nitrogens is 1. The van der Waals surface area contributed by atoms with Gasteiger partial charge in [0.05, 0.1) is 44.7 Å². The van der Waals surface area contributed by atoms with Crippen LogP contribution in [0.2, 0.25) is 0 Å². The molecule has 11 heteroatoms. The quantitative estimate of drug-likeness (QED) is 0.307. The summed E-state index contributed by atoms with van der Waals surface area (Å²) in [6.07, 6.45) is 9.21. The Bertz CT molecular complexity index is 1470. The van der Waals surface area contributed by atoms with Crippen molar-refractivity contribution in [1.82, 2.24) is 30.1 Å². The summed E-state index contributed by atoms with van der Waals surface area (Å²) in [5, 5.41) is 14.0. The molecular weight excluding hydrogens is 512 g/mol. The van der Waals surface area contributed by atoms with Gasteiger partial charge in [0.15, 0.2) is 17.3 Å². The largest absolute Gasteiger partial charge is 0.493 e. The maximum atomic E-state index is 13.9. The van der Waals surface area contributed by atoms with Gasteiger partial charge in [-0.2, -0.15) is 0 Å². The van der Waals surface area contributed by atoms with Crippen LogP contribution in [0.5, 0.6) is 11.5 Å². The molecule has 212 valence electrons. The molecule has 3 aromatic heterocycles. The molecule has 6 rings (SSSR count). The number of benzene rings is 1. The van der Waals surface area contributed by atoms with E-state index in [1.807, 2.05) is 28.9 Å². The Morgan fingerprint density at radius 3 is 2.65 bits per heavy atom. The van der Waals surface area contributed by atoms with Gasteiger partial charge in [0.2, 0.25) is 0 Å².